The Bertz CT molecular complexity index is 315. The number of rotatable bonds is 2. The van der Waals surface area contributed by atoms with Gasteiger partial charge in [-0.2, -0.15) is 0 Å². The van der Waals surface area contributed by atoms with E-state index in [0.717, 1.165) is 11.1 Å². The third-order valence-electron chi connectivity index (χ3n) is 1.35. The molecule has 0 atom stereocenters. The zero-order chi connectivity index (χ0) is 8.97. The van der Waals surface area contributed by atoms with Crippen LogP contribution >= 0.6 is 11.6 Å². The van der Waals surface area contributed by atoms with Crippen LogP contribution in [0, 0.1) is 6.92 Å². The van der Waals surface area contributed by atoms with E-state index in [0.29, 0.717) is 5.03 Å². The molecule has 0 fully saturated rings. The van der Waals surface area contributed by atoms with Crippen molar-refractivity contribution in [3.8, 4) is 0 Å². The maximum atomic E-state index is 5.57. The standard InChI is InChI=1S/C10H10ClN/c1-8-5-10(7-12-6-8)4-3-9(2)11/h3-7H,2H2,1H3/b4-3-. The van der Waals surface area contributed by atoms with Gasteiger partial charge in [0.25, 0.3) is 0 Å². The summed E-state index contributed by atoms with van der Waals surface area (Å²) in [7, 11) is 0. The molecule has 0 N–H and O–H groups in total. The molecule has 0 saturated carbocycles. The van der Waals surface area contributed by atoms with E-state index in [1.165, 1.54) is 0 Å². The summed E-state index contributed by atoms with van der Waals surface area (Å²) < 4.78 is 0. The Morgan fingerprint density at radius 3 is 2.92 bits per heavy atom. The van der Waals surface area contributed by atoms with E-state index in [-0.39, 0.29) is 0 Å². The van der Waals surface area contributed by atoms with Crippen LogP contribution in [0.4, 0.5) is 0 Å². The molecular weight excluding hydrogens is 170 g/mol. The van der Waals surface area contributed by atoms with Crippen molar-refractivity contribution < 1.29 is 0 Å². The number of aryl methyl sites for hydroxylation is 1. The summed E-state index contributed by atoms with van der Waals surface area (Å²) in [6.07, 6.45) is 7.23. The van der Waals surface area contributed by atoms with Crippen molar-refractivity contribution >= 4 is 17.7 Å². The van der Waals surface area contributed by atoms with E-state index in [1.54, 1.807) is 12.3 Å². The summed E-state index contributed by atoms with van der Waals surface area (Å²) in [5.74, 6) is 0. The Labute approximate surface area is 77.4 Å². The van der Waals surface area contributed by atoms with Crippen LogP contribution in [0.5, 0.6) is 0 Å². The first kappa shape index (κ1) is 9.01. The minimum Gasteiger partial charge on any atom is -0.264 e. The van der Waals surface area contributed by atoms with E-state index >= 15 is 0 Å². The van der Waals surface area contributed by atoms with Gasteiger partial charge in [-0.1, -0.05) is 24.3 Å². The van der Waals surface area contributed by atoms with Gasteiger partial charge in [0.1, 0.15) is 0 Å². The average Bonchev–Trinajstić information content (AvgIpc) is 2.01. The van der Waals surface area contributed by atoms with Crippen LogP contribution in [0.15, 0.2) is 36.1 Å². The molecule has 2 heteroatoms. The molecule has 0 amide bonds. The highest BCUT2D eigenvalue weighted by atomic mass is 35.5. The molecule has 1 aromatic heterocycles. The van der Waals surface area contributed by atoms with Crippen LogP contribution < -0.4 is 0 Å². The maximum Gasteiger partial charge on any atom is 0.0340 e. The largest absolute Gasteiger partial charge is 0.264 e. The second-order valence-corrected chi connectivity index (χ2v) is 3.06. The molecule has 0 spiro atoms. The Balaban J connectivity index is 2.83. The van der Waals surface area contributed by atoms with Crippen molar-refractivity contribution in [3.63, 3.8) is 0 Å². The molecule has 1 aromatic rings. The lowest BCUT2D eigenvalue weighted by Gasteiger charge is -1.93. The van der Waals surface area contributed by atoms with Gasteiger partial charge in [0.15, 0.2) is 0 Å². The van der Waals surface area contributed by atoms with Gasteiger partial charge in [0, 0.05) is 17.4 Å². The fourth-order valence-electron chi connectivity index (χ4n) is 0.856. The second kappa shape index (κ2) is 4.07. The third-order valence-corrected chi connectivity index (χ3v) is 1.48. The van der Waals surface area contributed by atoms with E-state index in [9.17, 15) is 0 Å². The van der Waals surface area contributed by atoms with E-state index in [2.05, 4.69) is 11.6 Å². The van der Waals surface area contributed by atoms with Crippen molar-refractivity contribution in [3.05, 3.63) is 47.3 Å². The SMILES string of the molecule is C=C(Cl)/C=C\c1cncc(C)c1. The van der Waals surface area contributed by atoms with E-state index in [4.69, 9.17) is 11.6 Å². The summed E-state index contributed by atoms with van der Waals surface area (Å²) in [6, 6.07) is 2.03. The zero-order valence-corrected chi connectivity index (χ0v) is 7.67. The Kier molecular flexibility index (Phi) is 3.06. The average molecular weight is 180 g/mol. The number of halogens is 1. The topological polar surface area (TPSA) is 12.9 Å². The lowest BCUT2D eigenvalue weighted by atomic mass is 10.2. The highest BCUT2D eigenvalue weighted by Gasteiger charge is 1.87. The van der Waals surface area contributed by atoms with Gasteiger partial charge in [-0.05, 0) is 30.2 Å². The predicted molar refractivity (Wildman–Crippen MR) is 53.0 cm³/mol. The minimum atomic E-state index is 0.525. The van der Waals surface area contributed by atoms with E-state index in [1.807, 2.05) is 25.3 Å². The number of hydrogen-bond donors (Lipinski definition) is 0. The first-order valence-corrected chi connectivity index (χ1v) is 4.00. The first-order valence-electron chi connectivity index (χ1n) is 3.62. The Hall–Kier alpha value is -1.08. The zero-order valence-electron chi connectivity index (χ0n) is 6.92. The van der Waals surface area contributed by atoms with Crippen molar-refractivity contribution in [1.82, 2.24) is 4.98 Å². The van der Waals surface area contributed by atoms with Gasteiger partial charge in [-0.15, -0.1) is 0 Å². The normalized spacial score (nSPS) is 10.5. The van der Waals surface area contributed by atoms with Crippen LogP contribution in [0.25, 0.3) is 6.08 Å². The lowest BCUT2D eigenvalue weighted by Crippen LogP contribution is -1.78. The molecule has 0 unspecified atom stereocenters. The number of nitrogens with zero attached hydrogens (tertiary/aromatic N) is 1. The highest BCUT2D eigenvalue weighted by molar-refractivity contribution is 6.31. The van der Waals surface area contributed by atoms with Gasteiger partial charge in [0.2, 0.25) is 0 Å². The molecule has 62 valence electrons. The van der Waals surface area contributed by atoms with Gasteiger partial charge >= 0.3 is 0 Å². The van der Waals surface area contributed by atoms with Crippen LogP contribution in [0.1, 0.15) is 11.1 Å². The fourth-order valence-corrected chi connectivity index (χ4v) is 0.919. The van der Waals surface area contributed by atoms with Gasteiger partial charge < -0.3 is 0 Å². The number of pyridine rings is 1. The summed E-state index contributed by atoms with van der Waals surface area (Å²) in [6.45, 7) is 5.55. The summed E-state index contributed by atoms with van der Waals surface area (Å²) in [5.41, 5.74) is 2.18. The quantitative estimate of drug-likeness (QED) is 0.636. The van der Waals surface area contributed by atoms with Gasteiger partial charge in [-0.3, -0.25) is 4.98 Å². The van der Waals surface area contributed by atoms with Crippen molar-refractivity contribution in [2.45, 2.75) is 6.92 Å². The first-order chi connectivity index (χ1) is 5.68. The molecule has 1 nitrogen and oxygen atoms in total. The summed E-state index contributed by atoms with van der Waals surface area (Å²) in [5, 5.41) is 0.525. The van der Waals surface area contributed by atoms with Crippen molar-refractivity contribution in [2.24, 2.45) is 0 Å². The molecule has 1 heterocycles. The molecular formula is C10H10ClN. The summed E-state index contributed by atoms with van der Waals surface area (Å²) in [4.78, 5) is 4.04. The molecule has 0 aromatic carbocycles. The molecule has 0 radical (unpaired) electrons. The summed E-state index contributed by atoms with van der Waals surface area (Å²) >= 11 is 5.57. The van der Waals surface area contributed by atoms with Crippen LogP contribution in [0.2, 0.25) is 0 Å². The van der Waals surface area contributed by atoms with Gasteiger partial charge in [0.05, 0.1) is 0 Å². The molecule has 0 bridgehead atoms. The molecule has 0 aliphatic rings. The van der Waals surface area contributed by atoms with Gasteiger partial charge in [-0.25, -0.2) is 0 Å². The molecule has 0 aliphatic carbocycles. The predicted octanol–water partition coefficient (Wildman–Crippen LogP) is 3.16. The lowest BCUT2D eigenvalue weighted by molar-refractivity contribution is 1.26. The van der Waals surface area contributed by atoms with Crippen LogP contribution in [0.3, 0.4) is 0 Å². The highest BCUT2D eigenvalue weighted by Crippen LogP contribution is 2.06. The minimum absolute atomic E-state index is 0.525. The number of allylic oxidation sites excluding steroid dienone is 2. The maximum absolute atomic E-state index is 5.57. The molecule has 1 rings (SSSR count). The van der Waals surface area contributed by atoms with Crippen LogP contribution in [-0.4, -0.2) is 4.98 Å². The Morgan fingerprint density at radius 2 is 2.33 bits per heavy atom. The van der Waals surface area contributed by atoms with Crippen molar-refractivity contribution in [1.29, 1.82) is 0 Å². The molecule has 12 heavy (non-hydrogen) atoms. The smallest absolute Gasteiger partial charge is 0.0340 e. The number of hydrogen-bond acceptors (Lipinski definition) is 1. The molecule has 0 saturated heterocycles. The number of aromatic nitrogens is 1. The Morgan fingerprint density at radius 1 is 1.58 bits per heavy atom. The third kappa shape index (κ3) is 2.89. The second-order valence-electron chi connectivity index (χ2n) is 2.58. The fraction of sp³-hybridized carbons (Fsp3) is 0.100. The van der Waals surface area contributed by atoms with Crippen molar-refractivity contribution in [2.75, 3.05) is 0 Å². The molecule has 0 aliphatic heterocycles. The monoisotopic (exact) mass is 179 g/mol. The van der Waals surface area contributed by atoms with E-state index < -0.39 is 0 Å². The van der Waals surface area contributed by atoms with Crippen LogP contribution in [-0.2, 0) is 0 Å².